The van der Waals surface area contributed by atoms with Crippen molar-refractivity contribution in [3.05, 3.63) is 23.8 Å². The van der Waals surface area contributed by atoms with Gasteiger partial charge in [-0.1, -0.05) is 32.9 Å². The molecular formula is C19H27LiN2O5Si. The summed E-state index contributed by atoms with van der Waals surface area (Å²) >= 11 is 0. The molecule has 1 saturated heterocycles. The molecule has 9 heteroatoms. The van der Waals surface area contributed by atoms with E-state index in [9.17, 15) is 9.90 Å². The Morgan fingerprint density at radius 2 is 2.11 bits per heavy atom. The number of hydrogen-bond donors (Lipinski definition) is 0. The zero-order valence-electron chi connectivity index (χ0n) is 17.6. The Kier molecular flexibility index (Phi) is 7.05. The van der Waals surface area contributed by atoms with Crippen molar-refractivity contribution in [1.29, 1.82) is 0 Å². The molecule has 0 aliphatic carbocycles. The Balaban J connectivity index is 0.00000280. The first-order valence-corrected chi connectivity index (χ1v) is 12.1. The van der Waals surface area contributed by atoms with Crippen LogP contribution in [0.4, 0.5) is 6.01 Å². The quantitative estimate of drug-likeness (QED) is 0.623. The molecule has 2 heterocycles. The summed E-state index contributed by atoms with van der Waals surface area (Å²) in [5.74, 6) is -1.26. The number of fused-ring (bicyclic) bond motifs is 1. The minimum absolute atomic E-state index is 0. The maximum absolute atomic E-state index is 11.3. The van der Waals surface area contributed by atoms with Crippen molar-refractivity contribution in [2.75, 3.05) is 31.3 Å². The van der Waals surface area contributed by atoms with Crippen molar-refractivity contribution in [3.63, 3.8) is 0 Å². The average Bonchev–Trinajstić information content (AvgIpc) is 3.03. The van der Waals surface area contributed by atoms with Crippen LogP contribution >= 0.6 is 0 Å². The molecule has 1 atom stereocenters. The molecular weight excluding hydrogens is 371 g/mol. The van der Waals surface area contributed by atoms with Crippen LogP contribution in [0.2, 0.25) is 18.1 Å². The van der Waals surface area contributed by atoms with Gasteiger partial charge in [-0.2, -0.15) is 4.98 Å². The van der Waals surface area contributed by atoms with E-state index in [4.69, 9.17) is 13.6 Å². The minimum atomic E-state index is -1.89. The van der Waals surface area contributed by atoms with E-state index < -0.39 is 14.3 Å². The monoisotopic (exact) mass is 398 g/mol. The molecule has 2 aromatic rings. The molecule has 0 spiro atoms. The molecule has 1 fully saturated rings. The number of nitrogens with zero attached hydrogens (tertiary/aromatic N) is 2. The normalized spacial score (nSPS) is 18.2. The number of carboxylic acid groups (broad SMARTS) is 1. The standard InChI is InChI=1S/C19H28N2O5Si.Li/c1-19(2,3)27(4,5)25-12-13-11-24-10-9-21(13)18-20-16-14(17(22)23)7-6-8-15(16)26-18;/h6-8,13H,9-12H2,1-5H3,(H,22,23);/q;+1/p-1/t13-;/m1./s1. The number of carboxylic acids is 1. The van der Waals surface area contributed by atoms with Crippen molar-refractivity contribution in [3.8, 4) is 0 Å². The number of aromatic carboxylic acids is 1. The number of hydrogen-bond acceptors (Lipinski definition) is 7. The van der Waals surface area contributed by atoms with Gasteiger partial charge >= 0.3 is 18.9 Å². The predicted octanol–water partition coefficient (Wildman–Crippen LogP) is -0.578. The number of benzene rings is 1. The van der Waals surface area contributed by atoms with Crippen molar-refractivity contribution in [2.45, 2.75) is 44.9 Å². The number of carbonyl (C=O) groups is 1. The van der Waals surface area contributed by atoms with Gasteiger partial charge in [0.1, 0.15) is 5.52 Å². The Morgan fingerprint density at radius 1 is 1.39 bits per heavy atom. The molecule has 0 N–H and O–H groups in total. The smallest absolute Gasteiger partial charge is 0.545 e. The summed E-state index contributed by atoms with van der Waals surface area (Å²) in [6, 6.07) is 5.17. The Morgan fingerprint density at radius 3 is 2.75 bits per heavy atom. The predicted molar refractivity (Wildman–Crippen MR) is 103 cm³/mol. The number of ether oxygens (including phenoxy) is 1. The second kappa shape index (κ2) is 8.60. The molecule has 7 nitrogen and oxygen atoms in total. The van der Waals surface area contributed by atoms with Gasteiger partial charge in [0, 0.05) is 12.1 Å². The Hall–Kier alpha value is -1.31. The summed E-state index contributed by atoms with van der Waals surface area (Å²) in [6.45, 7) is 13.2. The molecule has 1 aromatic carbocycles. The van der Waals surface area contributed by atoms with E-state index >= 15 is 0 Å². The molecule has 0 bridgehead atoms. The van der Waals surface area contributed by atoms with E-state index in [1.54, 1.807) is 12.1 Å². The molecule has 0 saturated carbocycles. The van der Waals surface area contributed by atoms with Gasteiger partial charge in [-0.3, -0.25) is 0 Å². The molecule has 1 aromatic heterocycles. The molecule has 0 amide bonds. The number of anilines is 1. The number of aromatic nitrogens is 1. The molecule has 0 unspecified atom stereocenters. The zero-order valence-corrected chi connectivity index (χ0v) is 18.6. The van der Waals surface area contributed by atoms with Gasteiger partial charge in [0.15, 0.2) is 13.9 Å². The summed E-state index contributed by atoms with van der Waals surface area (Å²) < 4.78 is 17.9. The second-order valence-corrected chi connectivity index (χ2v) is 13.2. The van der Waals surface area contributed by atoms with Gasteiger partial charge < -0.3 is 28.4 Å². The maximum atomic E-state index is 11.3. The van der Waals surface area contributed by atoms with E-state index in [2.05, 4.69) is 38.8 Å². The molecule has 148 valence electrons. The van der Waals surface area contributed by atoms with Crippen LogP contribution in [0, 0.1) is 0 Å². The van der Waals surface area contributed by atoms with Crippen LogP contribution in [0.15, 0.2) is 22.6 Å². The summed E-state index contributed by atoms with van der Waals surface area (Å²) in [5, 5.41) is 11.4. The first kappa shape index (κ1) is 23.0. The second-order valence-electron chi connectivity index (χ2n) is 8.43. The van der Waals surface area contributed by atoms with Crippen LogP contribution in [-0.4, -0.2) is 51.7 Å². The van der Waals surface area contributed by atoms with Crippen molar-refractivity contribution >= 4 is 31.4 Å². The molecule has 1 aliphatic heterocycles. The Bertz CT molecular complexity index is 833. The summed E-state index contributed by atoms with van der Waals surface area (Å²) in [5.41, 5.74) is 0.773. The topological polar surface area (TPSA) is 87.9 Å². The summed E-state index contributed by atoms with van der Waals surface area (Å²) in [7, 11) is -1.89. The van der Waals surface area contributed by atoms with Gasteiger partial charge in [-0.25, -0.2) is 0 Å². The van der Waals surface area contributed by atoms with Gasteiger partial charge in [-0.05, 0) is 24.2 Å². The van der Waals surface area contributed by atoms with Crippen LogP contribution in [-0.2, 0) is 9.16 Å². The molecule has 0 radical (unpaired) electrons. The van der Waals surface area contributed by atoms with Gasteiger partial charge in [-0.15, -0.1) is 0 Å². The number of morpholine rings is 1. The first-order chi connectivity index (χ1) is 12.6. The SMILES string of the molecule is CC(C)(C)[Si](C)(C)OC[C@H]1COCCN1c1nc2c(C(=O)[O-])cccc2o1.[Li+]. The van der Waals surface area contributed by atoms with Gasteiger partial charge in [0.05, 0.1) is 31.8 Å². The van der Waals surface area contributed by atoms with Crippen LogP contribution in [0.5, 0.6) is 0 Å². The fourth-order valence-electron chi connectivity index (χ4n) is 2.79. The van der Waals surface area contributed by atoms with E-state index in [0.717, 1.165) is 0 Å². The van der Waals surface area contributed by atoms with E-state index in [-0.39, 0.29) is 35.5 Å². The van der Waals surface area contributed by atoms with Crippen molar-refractivity contribution in [2.24, 2.45) is 0 Å². The summed E-state index contributed by atoms with van der Waals surface area (Å²) in [6.07, 6.45) is 0. The fourth-order valence-corrected chi connectivity index (χ4v) is 3.83. The third-order valence-corrected chi connectivity index (χ3v) is 10.0. The molecule has 28 heavy (non-hydrogen) atoms. The zero-order chi connectivity index (χ0) is 19.8. The number of oxazole rings is 1. The Labute approximate surface area is 178 Å². The molecule has 1 aliphatic rings. The fraction of sp³-hybridized carbons (Fsp3) is 0.579. The maximum Gasteiger partial charge on any atom is 1.00 e. The van der Waals surface area contributed by atoms with Crippen LogP contribution in [0.1, 0.15) is 31.1 Å². The third kappa shape index (κ3) is 4.63. The first-order valence-electron chi connectivity index (χ1n) is 9.19. The van der Waals surface area contributed by atoms with E-state index in [1.165, 1.54) is 6.07 Å². The van der Waals surface area contributed by atoms with E-state index in [1.807, 2.05) is 4.90 Å². The van der Waals surface area contributed by atoms with Crippen LogP contribution in [0.3, 0.4) is 0 Å². The van der Waals surface area contributed by atoms with Crippen molar-refractivity contribution < 1.29 is 42.3 Å². The van der Waals surface area contributed by atoms with Gasteiger partial charge in [0.25, 0.3) is 6.01 Å². The number of carbonyl (C=O) groups excluding carboxylic acids is 1. The van der Waals surface area contributed by atoms with Gasteiger partial charge in [0.2, 0.25) is 0 Å². The van der Waals surface area contributed by atoms with Crippen LogP contribution in [0.25, 0.3) is 11.1 Å². The van der Waals surface area contributed by atoms with Crippen molar-refractivity contribution in [1.82, 2.24) is 4.98 Å². The minimum Gasteiger partial charge on any atom is -0.545 e. The number of para-hydroxylation sites is 1. The van der Waals surface area contributed by atoms with E-state index in [0.29, 0.717) is 43.5 Å². The van der Waals surface area contributed by atoms with Crippen LogP contribution < -0.4 is 28.9 Å². The largest absolute Gasteiger partial charge is 1.00 e. The third-order valence-electron chi connectivity index (χ3n) is 5.54. The number of rotatable bonds is 5. The molecule has 3 rings (SSSR count). The average molecular weight is 398 g/mol. The summed E-state index contributed by atoms with van der Waals surface area (Å²) in [4.78, 5) is 17.8.